The van der Waals surface area contributed by atoms with Crippen molar-refractivity contribution in [3.05, 3.63) is 29.8 Å². The molecule has 1 aromatic carbocycles. The molecule has 0 bridgehead atoms. The van der Waals surface area contributed by atoms with Crippen LogP contribution in [0.3, 0.4) is 0 Å². The molecule has 6 heteroatoms. The summed E-state index contributed by atoms with van der Waals surface area (Å²) in [5.74, 6) is -0.125. The van der Waals surface area contributed by atoms with Crippen molar-refractivity contribution in [1.29, 1.82) is 0 Å². The van der Waals surface area contributed by atoms with Crippen molar-refractivity contribution in [3.63, 3.8) is 0 Å². The van der Waals surface area contributed by atoms with Crippen molar-refractivity contribution in [1.82, 2.24) is 4.90 Å². The van der Waals surface area contributed by atoms with E-state index < -0.39 is 15.1 Å². The predicted octanol–water partition coefficient (Wildman–Crippen LogP) is 1.98. The Morgan fingerprint density at radius 3 is 2.29 bits per heavy atom. The Morgan fingerprint density at radius 1 is 1.24 bits per heavy atom. The third-order valence-corrected chi connectivity index (χ3v) is 5.41. The van der Waals surface area contributed by atoms with E-state index in [9.17, 15) is 13.2 Å². The number of carbonyl (C=O) groups excluding carboxylic acids is 1. The lowest BCUT2D eigenvalue weighted by Gasteiger charge is -2.17. The zero-order chi connectivity index (χ0) is 16.0. The predicted molar refractivity (Wildman–Crippen MR) is 82.2 cm³/mol. The fraction of sp³-hybridized carbons (Fsp3) is 0.533. The van der Waals surface area contributed by atoms with Gasteiger partial charge in [-0.3, -0.25) is 4.79 Å². The lowest BCUT2D eigenvalue weighted by molar-refractivity contribution is 0.0779. The minimum atomic E-state index is -3.30. The molecule has 0 saturated heterocycles. The summed E-state index contributed by atoms with van der Waals surface area (Å²) >= 11 is 0. The van der Waals surface area contributed by atoms with E-state index in [4.69, 9.17) is 4.74 Å². The molecule has 0 radical (unpaired) electrons. The fourth-order valence-electron chi connectivity index (χ4n) is 1.83. The Morgan fingerprint density at radius 2 is 1.81 bits per heavy atom. The minimum absolute atomic E-state index is 0.125. The van der Waals surface area contributed by atoms with E-state index in [0.29, 0.717) is 18.7 Å². The minimum Gasteiger partial charge on any atom is -0.385 e. The molecule has 118 valence electrons. The van der Waals surface area contributed by atoms with Gasteiger partial charge in [-0.2, -0.15) is 0 Å². The molecular formula is C15H23NO4S. The molecule has 0 heterocycles. The Bertz CT molecular complexity index is 564. The molecule has 0 aliphatic heterocycles. The molecule has 0 unspecified atom stereocenters. The molecule has 1 rings (SSSR count). The zero-order valence-corrected chi connectivity index (χ0v) is 13.8. The maximum Gasteiger partial charge on any atom is 0.253 e. The monoisotopic (exact) mass is 313 g/mol. The molecule has 0 saturated carbocycles. The fourth-order valence-corrected chi connectivity index (χ4v) is 2.89. The number of benzene rings is 1. The largest absolute Gasteiger partial charge is 0.385 e. The van der Waals surface area contributed by atoms with Gasteiger partial charge in [-0.25, -0.2) is 8.42 Å². The van der Waals surface area contributed by atoms with Crippen LogP contribution in [0.4, 0.5) is 0 Å². The van der Waals surface area contributed by atoms with Crippen molar-refractivity contribution in [2.24, 2.45) is 0 Å². The Kier molecular flexibility index (Phi) is 6.36. The Balaban J connectivity index is 2.81. The maximum absolute atomic E-state index is 12.2. The van der Waals surface area contributed by atoms with Crippen molar-refractivity contribution >= 4 is 15.7 Å². The van der Waals surface area contributed by atoms with Gasteiger partial charge in [0.25, 0.3) is 5.91 Å². The van der Waals surface area contributed by atoms with E-state index in [-0.39, 0.29) is 10.8 Å². The molecule has 21 heavy (non-hydrogen) atoms. The number of amides is 1. The van der Waals surface area contributed by atoms with Gasteiger partial charge in [-0.15, -0.1) is 0 Å². The third kappa shape index (κ3) is 4.54. The molecule has 5 nitrogen and oxygen atoms in total. The van der Waals surface area contributed by atoms with Crippen LogP contribution >= 0.6 is 0 Å². The summed E-state index contributed by atoms with van der Waals surface area (Å²) < 4.78 is 29.0. The summed E-state index contributed by atoms with van der Waals surface area (Å²) in [6.45, 7) is 4.47. The van der Waals surface area contributed by atoms with Gasteiger partial charge in [0.1, 0.15) is 0 Å². The van der Waals surface area contributed by atoms with E-state index >= 15 is 0 Å². The van der Waals surface area contributed by atoms with Crippen molar-refractivity contribution in [3.8, 4) is 0 Å². The second-order valence-electron chi connectivity index (χ2n) is 5.19. The van der Waals surface area contributed by atoms with Gasteiger partial charge in [-0.1, -0.05) is 0 Å². The SMILES string of the molecule is COCCCN(C)C(=O)c1ccc(S(=O)(=O)C(C)C)cc1. The average molecular weight is 313 g/mol. The number of rotatable bonds is 7. The highest BCUT2D eigenvalue weighted by molar-refractivity contribution is 7.92. The van der Waals surface area contributed by atoms with Crippen LogP contribution < -0.4 is 0 Å². The van der Waals surface area contributed by atoms with Gasteiger partial charge in [0.15, 0.2) is 9.84 Å². The highest BCUT2D eigenvalue weighted by Crippen LogP contribution is 2.17. The summed E-state index contributed by atoms with van der Waals surface area (Å²) in [6.07, 6.45) is 0.762. The van der Waals surface area contributed by atoms with Gasteiger partial charge in [0.05, 0.1) is 10.1 Å². The molecule has 1 aromatic rings. The number of carbonyl (C=O) groups is 1. The van der Waals surface area contributed by atoms with Gasteiger partial charge >= 0.3 is 0 Å². The molecule has 0 aliphatic carbocycles. The Labute approximate surface area is 126 Å². The molecule has 1 amide bonds. The van der Waals surface area contributed by atoms with Crippen LogP contribution in [-0.4, -0.2) is 51.8 Å². The first kappa shape index (κ1) is 17.7. The van der Waals surface area contributed by atoms with E-state index in [1.807, 2.05) is 0 Å². The van der Waals surface area contributed by atoms with Gasteiger partial charge in [0, 0.05) is 32.9 Å². The number of ether oxygens (including phenoxy) is 1. The number of nitrogens with zero attached hydrogens (tertiary/aromatic N) is 1. The first-order valence-electron chi connectivity index (χ1n) is 6.89. The lowest BCUT2D eigenvalue weighted by Crippen LogP contribution is -2.28. The van der Waals surface area contributed by atoms with Crippen LogP contribution in [0.15, 0.2) is 29.2 Å². The quantitative estimate of drug-likeness (QED) is 0.722. The topological polar surface area (TPSA) is 63.7 Å². The molecule has 0 atom stereocenters. The molecule has 0 spiro atoms. The van der Waals surface area contributed by atoms with Crippen LogP contribution in [0, 0.1) is 0 Å². The van der Waals surface area contributed by atoms with E-state index in [0.717, 1.165) is 6.42 Å². The van der Waals surface area contributed by atoms with Gasteiger partial charge in [-0.05, 0) is 44.5 Å². The van der Waals surface area contributed by atoms with Crippen LogP contribution in [0.2, 0.25) is 0 Å². The molecule has 0 N–H and O–H groups in total. The highest BCUT2D eigenvalue weighted by Gasteiger charge is 2.19. The average Bonchev–Trinajstić information content (AvgIpc) is 2.46. The second-order valence-corrected chi connectivity index (χ2v) is 7.70. The standard InChI is InChI=1S/C15H23NO4S/c1-12(2)21(18,19)14-8-6-13(7-9-14)15(17)16(3)10-5-11-20-4/h6-9,12H,5,10-11H2,1-4H3. The second kappa shape index (κ2) is 7.56. The zero-order valence-electron chi connectivity index (χ0n) is 13.0. The summed E-state index contributed by atoms with van der Waals surface area (Å²) in [5.41, 5.74) is 0.484. The normalized spacial score (nSPS) is 11.7. The summed E-state index contributed by atoms with van der Waals surface area (Å²) in [6, 6.07) is 6.10. The first-order chi connectivity index (χ1) is 9.80. The molecule has 0 aliphatic rings. The smallest absolute Gasteiger partial charge is 0.253 e. The van der Waals surface area contributed by atoms with E-state index in [2.05, 4.69) is 0 Å². The van der Waals surface area contributed by atoms with Crippen LogP contribution in [0.5, 0.6) is 0 Å². The Hall–Kier alpha value is -1.40. The third-order valence-electron chi connectivity index (χ3n) is 3.24. The number of hydrogen-bond donors (Lipinski definition) is 0. The summed E-state index contributed by atoms with van der Waals surface area (Å²) in [5, 5.41) is -0.476. The summed E-state index contributed by atoms with van der Waals surface area (Å²) in [4.78, 5) is 14.0. The van der Waals surface area contributed by atoms with Gasteiger partial charge < -0.3 is 9.64 Å². The van der Waals surface area contributed by atoms with Crippen molar-refractivity contribution in [2.45, 2.75) is 30.4 Å². The van der Waals surface area contributed by atoms with Crippen LogP contribution in [0.1, 0.15) is 30.6 Å². The number of methoxy groups -OCH3 is 1. The number of sulfone groups is 1. The highest BCUT2D eigenvalue weighted by atomic mass is 32.2. The molecule has 0 aromatic heterocycles. The number of hydrogen-bond acceptors (Lipinski definition) is 4. The van der Waals surface area contributed by atoms with Crippen LogP contribution in [-0.2, 0) is 14.6 Å². The van der Waals surface area contributed by atoms with E-state index in [1.54, 1.807) is 45.0 Å². The maximum atomic E-state index is 12.2. The van der Waals surface area contributed by atoms with Crippen molar-refractivity contribution < 1.29 is 17.9 Å². The first-order valence-corrected chi connectivity index (χ1v) is 8.43. The molecular weight excluding hydrogens is 290 g/mol. The van der Waals surface area contributed by atoms with Gasteiger partial charge in [0.2, 0.25) is 0 Å². The lowest BCUT2D eigenvalue weighted by atomic mass is 10.2. The van der Waals surface area contributed by atoms with Crippen LogP contribution in [0.25, 0.3) is 0 Å². The summed E-state index contributed by atoms with van der Waals surface area (Å²) in [7, 11) is 0.0411. The molecule has 0 fully saturated rings. The van der Waals surface area contributed by atoms with Crippen molar-refractivity contribution in [2.75, 3.05) is 27.3 Å². The van der Waals surface area contributed by atoms with E-state index in [1.165, 1.54) is 12.1 Å².